The third-order valence-corrected chi connectivity index (χ3v) is 5.71. The molecule has 35 heavy (non-hydrogen) atoms. The fraction of sp³-hybridized carbons (Fsp3) is 0.160. The highest BCUT2D eigenvalue weighted by molar-refractivity contribution is 6.08. The van der Waals surface area contributed by atoms with E-state index >= 15 is 0 Å². The molecular weight excluding hydrogens is 444 g/mol. The summed E-state index contributed by atoms with van der Waals surface area (Å²) in [4.78, 5) is 25.3. The van der Waals surface area contributed by atoms with E-state index in [-0.39, 0.29) is 12.1 Å². The molecule has 0 radical (unpaired) electrons. The summed E-state index contributed by atoms with van der Waals surface area (Å²) in [6.45, 7) is 7.21. The Bertz CT molecular complexity index is 1490. The van der Waals surface area contributed by atoms with E-state index in [1.54, 1.807) is 13.1 Å². The molecule has 1 aliphatic rings. The van der Waals surface area contributed by atoms with Crippen LogP contribution in [0.25, 0.3) is 33.4 Å². The number of hydrogen-bond donors (Lipinski definition) is 3. The molecule has 1 unspecified atom stereocenters. The maximum absolute atomic E-state index is 12.0. The number of amides is 1. The van der Waals surface area contributed by atoms with Crippen LogP contribution in [0.2, 0.25) is 0 Å². The molecule has 0 fully saturated rings. The van der Waals surface area contributed by atoms with E-state index in [1.165, 1.54) is 6.33 Å². The molecule has 0 bridgehead atoms. The van der Waals surface area contributed by atoms with E-state index in [2.05, 4.69) is 37.4 Å². The highest BCUT2D eigenvalue weighted by atomic mass is 16.5. The SMILES string of the molecule is C=C(C)C(=O)Nc1ccc(-c2c(-c3ccc(C4=NNC(C)O4)nc3)c3c(N)ncnc3n2C)cc1. The van der Waals surface area contributed by atoms with Crippen molar-refractivity contribution in [3.8, 4) is 22.4 Å². The minimum Gasteiger partial charge on any atom is -0.450 e. The van der Waals surface area contributed by atoms with Crippen molar-refractivity contribution in [2.45, 2.75) is 20.1 Å². The number of pyridine rings is 1. The monoisotopic (exact) mass is 468 g/mol. The van der Waals surface area contributed by atoms with Gasteiger partial charge in [0.15, 0.2) is 6.23 Å². The van der Waals surface area contributed by atoms with Crippen LogP contribution in [0.15, 0.2) is 66.2 Å². The molecule has 0 saturated heterocycles. The van der Waals surface area contributed by atoms with Gasteiger partial charge in [-0.25, -0.2) is 9.97 Å². The zero-order valence-corrected chi connectivity index (χ0v) is 19.5. The number of carbonyl (C=O) groups is 1. The summed E-state index contributed by atoms with van der Waals surface area (Å²) in [5.74, 6) is 0.595. The molecule has 10 heteroatoms. The molecule has 1 atom stereocenters. The highest BCUT2D eigenvalue weighted by Crippen LogP contribution is 2.41. The summed E-state index contributed by atoms with van der Waals surface area (Å²) in [5.41, 5.74) is 15.1. The van der Waals surface area contributed by atoms with Gasteiger partial charge in [-0.05, 0) is 37.6 Å². The maximum atomic E-state index is 12.0. The van der Waals surface area contributed by atoms with Crippen molar-refractivity contribution < 1.29 is 9.53 Å². The lowest BCUT2D eigenvalue weighted by Gasteiger charge is -2.11. The molecule has 4 aromatic rings. The zero-order chi connectivity index (χ0) is 24.7. The molecule has 0 saturated carbocycles. The van der Waals surface area contributed by atoms with Crippen molar-refractivity contribution in [2.75, 3.05) is 11.1 Å². The van der Waals surface area contributed by atoms with Crippen LogP contribution >= 0.6 is 0 Å². The van der Waals surface area contributed by atoms with Gasteiger partial charge < -0.3 is 20.4 Å². The largest absolute Gasteiger partial charge is 0.450 e. The van der Waals surface area contributed by atoms with E-state index in [0.717, 1.165) is 27.8 Å². The molecule has 0 aliphatic carbocycles. The number of hydrogen-bond acceptors (Lipinski definition) is 8. The van der Waals surface area contributed by atoms with Crippen molar-refractivity contribution in [3.05, 3.63) is 66.8 Å². The average molecular weight is 469 g/mol. The number of ether oxygens (including phenoxy) is 1. The van der Waals surface area contributed by atoms with Gasteiger partial charge in [-0.3, -0.25) is 15.2 Å². The highest BCUT2D eigenvalue weighted by Gasteiger charge is 2.23. The van der Waals surface area contributed by atoms with Gasteiger partial charge in [0.2, 0.25) is 0 Å². The van der Waals surface area contributed by atoms with Gasteiger partial charge in [-0.2, -0.15) is 0 Å². The van der Waals surface area contributed by atoms with Gasteiger partial charge in [0, 0.05) is 35.6 Å². The molecule has 5 rings (SSSR count). The Morgan fingerprint density at radius 2 is 1.89 bits per heavy atom. The van der Waals surface area contributed by atoms with Crippen molar-refractivity contribution in [2.24, 2.45) is 12.1 Å². The minimum atomic E-state index is -0.224. The van der Waals surface area contributed by atoms with E-state index < -0.39 is 0 Å². The van der Waals surface area contributed by atoms with Crippen LogP contribution in [0.3, 0.4) is 0 Å². The smallest absolute Gasteiger partial charge is 0.258 e. The van der Waals surface area contributed by atoms with Gasteiger partial charge in [-0.1, -0.05) is 24.8 Å². The summed E-state index contributed by atoms with van der Waals surface area (Å²) >= 11 is 0. The number of nitrogens with zero attached hydrogens (tertiary/aromatic N) is 5. The van der Waals surface area contributed by atoms with Gasteiger partial charge in [0.1, 0.15) is 23.5 Å². The van der Waals surface area contributed by atoms with E-state index in [4.69, 9.17) is 10.5 Å². The zero-order valence-electron chi connectivity index (χ0n) is 19.5. The molecule has 4 heterocycles. The molecule has 1 amide bonds. The first-order chi connectivity index (χ1) is 16.8. The lowest BCUT2D eigenvalue weighted by atomic mass is 9.99. The van der Waals surface area contributed by atoms with E-state index in [0.29, 0.717) is 34.3 Å². The summed E-state index contributed by atoms with van der Waals surface area (Å²) in [6.07, 6.45) is 3.01. The Morgan fingerprint density at radius 1 is 1.14 bits per heavy atom. The number of aryl methyl sites for hydroxylation is 1. The van der Waals surface area contributed by atoms with Crippen molar-refractivity contribution in [1.29, 1.82) is 0 Å². The number of rotatable bonds is 5. The molecule has 176 valence electrons. The molecule has 0 spiro atoms. The summed E-state index contributed by atoms with van der Waals surface area (Å²) in [6, 6.07) is 11.4. The predicted molar refractivity (Wildman–Crippen MR) is 135 cm³/mol. The Kier molecular flexibility index (Phi) is 5.40. The van der Waals surface area contributed by atoms with Crippen LogP contribution in [0, 0.1) is 0 Å². The number of anilines is 2. The Hall–Kier alpha value is -4.73. The number of fused-ring (bicyclic) bond motifs is 1. The Morgan fingerprint density at radius 3 is 2.51 bits per heavy atom. The number of nitrogen functional groups attached to an aromatic ring is 1. The molecule has 4 N–H and O–H groups in total. The van der Waals surface area contributed by atoms with Crippen molar-refractivity contribution >= 4 is 34.3 Å². The lowest BCUT2D eigenvalue weighted by Crippen LogP contribution is -2.16. The lowest BCUT2D eigenvalue weighted by molar-refractivity contribution is -0.112. The Labute approximate surface area is 201 Å². The fourth-order valence-electron chi connectivity index (χ4n) is 4.00. The number of nitrogens with one attached hydrogen (secondary N) is 2. The first kappa shape index (κ1) is 22.1. The molecule has 10 nitrogen and oxygen atoms in total. The van der Waals surface area contributed by atoms with E-state index in [9.17, 15) is 4.79 Å². The third-order valence-electron chi connectivity index (χ3n) is 5.71. The number of carbonyl (C=O) groups excluding carboxylic acids is 1. The molecular formula is C25H24N8O2. The van der Waals surface area contributed by atoms with Crippen LogP contribution < -0.4 is 16.5 Å². The molecule has 1 aliphatic heterocycles. The van der Waals surface area contributed by atoms with Crippen LogP contribution in [0.4, 0.5) is 11.5 Å². The number of aromatic nitrogens is 4. The second kappa shape index (κ2) is 8.56. The number of nitrogens with two attached hydrogens (primary N) is 1. The van der Waals surface area contributed by atoms with Crippen molar-refractivity contribution in [3.63, 3.8) is 0 Å². The summed E-state index contributed by atoms with van der Waals surface area (Å²) in [7, 11) is 1.93. The van der Waals surface area contributed by atoms with Crippen LogP contribution in [0.5, 0.6) is 0 Å². The standard InChI is InChI=1S/C25H24N8O2/c1-13(2)24(34)30-17-8-5-15(6-9-17)21-19(20-22(26)28-12-29-23(20)33(21)4)16-7-10-18(27-11-16)25-32-31-14(3)35-25/h5-12,14,31H,1H2,2-4H3,(H,30,34)(H2,26,28,29). The normalized spacial score (nSPS) is 14.8. The van der Waals surface area contributed by atoms with Gasteiger partial charge >= 0.3 is 0 Å². The van der Waals surface area contributed by atoms with Crippen LogP contribution in [-0.4, -0.2) is 37.6 Å². The first-order valence-electron chi connectivity index (χ1n) is 11.0. The van der Waals surface area contributed by atoms with Gasteiger partial charge in [0.05, 0.1) is 11.1 Å². The quantitative estimate of drug-likeness (QED) is 0.382. The number of benzene rings is 1. The van der Waals surface area contributed by atoms with Gasteiger partial charge in [0.25, 0.3) is 11.8 Å². The van der Waals surface area contributed by atoms with Crippen LogP contribution in [-0.2, 0) is 16.6 Å². The van der Waals surface area contributed by atoms with E-state index in [1.807, 2.05) is 54.9 Å². The number of hydrazone groups is 1. The van der Waals surface area contributed by atoms with Crippen molar-refractivity contribution in [1.82, 2.24) is 24.9 Å². The Balaban J connectivity index is 1.61. The average Bonchev–Trinajstić information content (AvgIpc) is 3.41. The minimum absolute atomic E-state index is 0.198. The summed E-state index contributed by atoms with van der Waals surface area (Å²) in [5, 5.41) is 7.73. The maximum Gasteiger partial charge on any atom is 0.258 e. The topological polar surface area (TPSA) is 132 Å². The third kappa shape index (κ3) is 3.95. The van der Waals surface area contributed by atoms with Crippen LogP contribution in [0.1, 0.15) is 19.5 Å². The molecule has 1 aromatic carbocycles. The predicted octanol–water partition coefficient (Wildman–Crippen LogP) is 3.42. The summed E-state index contributed by atoms with van der Waals surface area (Å²) < 4.78 is 7.61. The molecule has 3 aromatic heterocycles. The fourth-order valence-corrected chi connectivity index (χ4v) is 4.00. The van der Waals surface area contributed by atoms with Gasteiger partial charge in [-0.15, -0.1) is 5.10 Å². The second-order valence-corrected chi connectivity index (χ2v) is 8.29. The first-order valence-corrected chi connectivity index (χ1v) is 11.0. The second-order valence-electron chi connectivity index (χ2n) is 8.29.